The van der Waals surface area contributed by atoms with Crippen LogP contribution in [-0.4, -0.2) is 0 Å². The van der Waals surface area contributed by atoms with Crippen LogP contribution in [0.15, 0.2) is 103 Å². The molecule has 4 aromatic carbocycles. The van der Waals surface area contributed by atoms with Crippen molar-refractivity contribution in [3.63, 3.8) is 0 Å². The first-order valence-electron chi connectivity index (χ1n) is 14.0. The van der Waals surface area contributed by atoms with Gasteiger partial charge in [-0.15, -0.1) is 0 Å². The maximum atomic E-state index is 9.40. The van der Waals surface area contributed by atoms with Gasteiger partial charge in [0.2, 0.25) is 0 Å². The number of allylic oxidation sites excluding steroid dienone is 2. The summed E-state index contributed by atoms with van der Waals surface area (Å²) in [6.45, 7) is 4.79. The van der Waals surface area contributed by atoms with E-state index in [0.717, 1.165) is 28.0 Å². The van der Waals surface area contributed by atoms with Crippen LogP contribution in [0.25, 0.3) is 11.1 Å². The van der Waals surface area contributed by atoms with Crippen molar-refractivity contribution in [1.29, 1.82) is 5.26 Å². The van der Waals surface area contributed by atoms with E-state index in [2.05, 4.69) is 91.6 Å². The summed E-state index contributed by atoms with van der Waals surface area (Å²) in [5.41, 5.74) is 10.4. The molecule has 1 fully saturated rings. The Hall–Kier alpha value is -3.80. The molecule has 0 N–H and O–H groups in total. The SMILES string of the molecule is CC1=CC2(c3ccccc3-c3cc(Cl)c(N(c4ccccc4)c4ccc(C#N)cc4)cc32)C2CC(C)CC1C2. The Balaban J connectivity index is 1.49. The van der Waals surface area contributed by atoms with E-state index in [4.69, 9.17) is 11.6 Å². The molecule has 0 saturated heterocycles. The van der Waals surface area contributed by atoms with Gasteiger partial charge >= 0.3 is 0 Å². The Morgan fingerprint density at radius 3 is 2.31 bits per heavy atom. The third kappa shape index (κ3) is 3.68. The highest BCUT2D eigenvalue weighted by molar-refractivity contribution is 6.34. The smallest absolute Gasteiger partial charge is 0.0991 e. The first-order valence-corrected chi connectivity index (χ1v) is 14.4. The molecule has 7 rings (SSSR count). The van der Waals surface area contributed by atoms with Crippen molar-refractivity contribution < 1.29 is 0 Å². The maximum absolute atomic E-state index is 9.40. The lowest BCUT2D eigenvalue weighted by molar-refractivity contribution is 0.168. The molecule has 0 amide bonds. The molecule has 3 aliphatic carbocycles. The van der Waals surface area contributed by atoms with Crippen LogP contribution in [0, 0.1) is 29.1 Å². The van der Waals surface area contributed by atoms with Gasteiger partial charge in [0.05, 0.1) is 22.3 Å². The Labute approximate surface area is 236 Å². The molecule has 2 bridgehead atoms. The lowest BCUT2D eigenvalue weighted by atomic mass is 9.55. The summed E-state index contributed by atoms with van der Waals surface area (Å²) in [5.74, 6) is 1.97. The van der Waals surface area contributed by atoms with Gasteiger partial charge in [-0.25, -0.2) is 0 Å². The average Bonchev–Trinajstić information content (AvgIpc) is 3.22. The van der Waals surface area contributed by atoms with Gasteiger partial charge in [0.15, 0.2) is 0 Å². The second kappa shape index (κ2) is 9.15. The number of benzene rings is 4. The van der Waals surface area contributed by atoms with Gasteiger partial charge in [-0.1, -0.05) is 72.6 Å². The van der Waals surface area contributed by atoms with Gasteiger partial charge < -0.3 is 4.90 Å². The molecule has 0 aliphatic heterocycles. The fourth-order valence-corrected chi connectivity index (χ4v) is 8.00. The Kier molecular flexibility index (Phi) is 5.69. The Morgan fingerprint density at radius 1 is 0.821 bits per heavy atom. The molecule has 0 radical (unpaired) electrons. The largest absolute Gasteiger partial charge is 0.309 e. The van der Waals surface area contributed by atoms with Gasteiger partial charge in [-0.2, -0.15) is 5.26 Å². The van der Waals surface area contributed by atoms with Crippen LogP contribution in [0.2, 0.25) is 5.02 Å². The van der Waals surface area contributed by atoms with Crippen LogP contribution >= 0.6 is 11.6 Å². The molecule has 39 heavy (non-hydrogen) atoms. The van der Waals surface area contributed by atoms with E-state index in [9.17, 15) is 5.26 Å². The van der Waals surface area contributed by atoms with Crippen LogP contribution in [0.1, 0.15) is 49.8 Å². The molecular formula is C36H31ClN2. The molecule has 2 nitrogen and oxygen atoms in total. The highest BCUT2D eigenvalue weighted by Crippen LogP contribution is 2.62. The lowest BCUT2D eigenvalue weighted by Crippen LogP contribution is -2.42. The number of nitrogens with zero attached hydrogens (tertiary/aromatic N) is 2. The van der Waals surface area contributed by atoms with E-state index in [0.29, 0.717) is 17.4 Å². The summed E-state index contributed by atoms with van der Waals surface area (Å²) >= 11 is 7.20. The zero-order chi connectivity index (χ0) is 26.7. The van der Waals surface area contributed by atoms with Crippen molar-refractivity contribution in [2.24, 2.45) is 17.8 Å². The minimum absolute atomic E-state index is 0.145. The monoisotopic (exact) mass is 526 g/mol. The summed E-state index contributed by atoms with van der Waals surface area (Å²) in [4.78, 5) is 2.23. The van der Waals surface area contributed by atoms with E-state index in [-0.39, 0.29) is 5.41 Å². The third-order valence-corrected chi connectivity index (χ3v) is 9.69. The molecule has 4 atom stereocenters. The molecule has 4 unspecified atom stereocenters. The van der Waals surface area contributed by atoms with Gasteiger partial charge in [0.1, 0.15) is 0 Å². The first-order chi connectivity index (χ1) is 19.0. The maximum Gasteiger partial charge on any atom is 0.0991 e. The highest BCUT2D eigenvalue weighted by Gasteiger charge is 2.52. The number of hydrogen-bond donors (Lipinski definition) is 0. The normalized spacial score (nSPS) is 24.5. The number of para-hydroxylation sites is 1. The third-order valence-electron chi connectivity index (χ3n) is 9.39. The van der Waals surface area contributed by atoms with Crippen molar-refractivity contribution in [3.05, 3.63) is 124 Å². The zero-order valence-corrected chi connectivity index (χ0v) is 23.1. The molecule has 4 aromatic rings. The first kappa shape index (κ1) is 24.3. The summed E-state index contributed by atoms with van der Waals surface area (Å²) in [5, 5.41) is 10.1. The Bertz CT molecular complexity index is 1650. The van der Waals surface area contributed by atoms with Crippen molar-refractivity contribution >= 4 is 28.7 Å². The highest BCUT2D eigenvalue weighted by atomic mass is 35.5. The summed E-state index contributed by atoms with van der Waals surface area (Å²) < 4.78 is 0. The molecular weight excluding hydrogens is 496 g/mol. The van der Waals surface area contributed by atoms with Crippen LogP contribution in [0.4, 0.5) is 17.1 Å². The van der Waals surface area contributed by atoms with Crippen LogP contribution in [-0.2, 0) is 5.41 Å². The fraction of sp³-hybridized carbons (Fsp3) is 0.250. The molecule has 1 spiro atoms. The van der Waals surface area contributed by atoms with Crippen molar-refractivity contribution in [3.8, 4) is 17.2 Å². The lowest BCUT2D eigenvalue weighted by Gasteiger charge is -2.49. The molecule has 3 aliphatic rings. The number of anilines is 3. The minimum atomic E-state index is -0.145. The zero-order valence-electron chi connectivity index (χ0n) is 22.4. The van der Waals surface area contributed by atoms with Crippen molar-refractivity contribution in [2.75, 3.05) is 4.90 Å². The molecule has 1 saturated carbocycles. The van der Waals surface area contributed by atoms with Crippen molar-refractivity contribution in [1.82, 2.24) is 0 Å². The molecule has 0 aromatic heterocycles. The van der Waals surface area contributed by atoms with E-state index in [1.54, 1.807) is 0 Å². The average molecular weight is 527 g/mol. The predicted octanol–water partition coefficient (Wildman–Crippen LogP) is 9.96. The molecule has 0 heterocycles. The van der Waals surface area contributed by atoms with E-state index in [1.165, 1.54) is 47.1 Å². The topological polar surface area (TPSA) is 27.0 Å². The van der Waals surface area contributed by atoms with Gasteiger partial charge in [0.25, 0.3) is 0 Å². The van der Waals surface area contributed by atoms with Gasteiger partial charge in [-0.3, -0.25) is 0 Å². The fourth-order valence-electron chi connectivity index (χ4n) is 7.75. The number of halogens is 1. The second-order valence-corrected chi connectivity index (χ2v) is 12.1. The number of fused-ring (bicyclic) bond motifs is 8. The second-order valence-electron chi connectivity index (χ2n) is 11.7. The van der Waals surface area contributed by atoms with Crippen molar-refractivity contribution in [2.45, 2.75) is 38.5 Å². The van der Waals surface area contributed by atoms with Gasteiger partial charge in [-0.05, 0) is 115 Å². The van der Waals surface area contributed by atoms with Gasteiger partial charge in [0, 0.05) is 16.8 Å². The van der Waals surface area contributed by atoms with E-state index < -0.39 is 0 Å². The molecule has 3 heteroatoms. The number of nitriles is 1. The quantitative estimate of drug-likeness (QED) is 0.248. The van der Waals surface area contributed by atoms with E-state index >= 15 is 0 Å². The standard InChI is InChI=1S/C36H31ClN2/c1-23-16-26-18-27(17-23)36(21-24(26)2)32-11-7-6-10-30(32)31-19-34(37)35(20-33(31)36)39(28-8-4-3-5-9-28)29-14-12-25(22-38)13-15-29/h3-15,19-21,23,26-27H,16-18H2,1-2H3. The van der Waals surface area contributed by atoms with Crippen LogP contribution < -0.4 is 4.90 Å². The number of hydrogen-bond acceptors (Lipinski definition) is 2. The molecule has 192 valence electrons. The van der Waals surface area contributed by atoms with E-state index in [1.807, 2.05) is 30.3 Å². The predicted molar refractivity (Wildman–Crippen MR) is 161 cm³/mol. The van der Waals surface area contributed by atoms with Crippen LogP contribution in [0.3, 0.4) is 0 Å². The van der Waals surface area contributed by atoms with Crippen LogP contribution in [0.5, 0.6) is 0 Å². The summed E-state index contributed by atoms with van der Waals surface area (Å²) in [7, 11) is 0. The summed E-state index contributed by atoms with van der Waals surface area (Å²) in [6, 6.07) is 33.9. The number of rotatable bonds is 3. The Morgan fingerprint density at radius 2 is 1.54 bits per heavy atom. The minimum Gasteiger partial charge on any atom is -0.309 e. The summed E-state index contributed by atoms with van der Waals surface area (Å²) in [6.07, 6.45) is 6.41.